The number of carbonyl (C=O) groups excluding carboxylic acids is 1. The van der Waals surface area contributed by atoms with Crippen LogP contribution in [0, 0.1) is 0 Å². The predicted molar refractivity (Wildman–Crippen MR) is 92.6 cm³/mol. The van der Waals surface area contributed by atoms with Crippen molar-refractivity contribution in [2.75, 3.05) is 18.8 Å². The molecule has 3 rings (SSSR count). The summed E-state index contributed by atoms with van der Waals surface area (Å²) in [6, 6.07) is 4.61. The van der Waals surface area contributed by atoms with Gasteiger partial charge in [0.15, 0.2) is 0 Å². The first-order valence-electron chi connectivity index (χ1n) is 7.44. The van der Waals surface area contributed by atoms with Crippen molar-refractivity contribution in [1.82, 2.24) is 15.2 Å². The molecular weight excluding hydrogens is 323 g/mol. The van der Waals surface area contributed by atoms with Gasteiger partial charge in [-0.15, -0.1) is 24.8 Å². The van der Waals surface area contributed by atoms with Crippen LogP contribution in [-0.2, 0) is 11.2 Å². The van der Waals surface area contributed by atoms with Crippen LogP contribution in [0.25, 0.3) is 0 Å². The molecule has 1 aromatic rings. The van der Waals surface area contributed by atoms with E-state index >= 15 is 0 Å². The summed E-state index contributed by atoms with van der Waals surface area (Å²) in [5.74, 6) is 0.0683. The lowest BCUT2D eigenvalue weighted by Gasteiger charge is -2.35. The molecule has 0 radical (unpaired) electrons. The number of piperidine rings is 1. The molecule has 2 aliphatic rings. The van der Waals surface area contributed by atoms with Gasteiger partial charge in [-0.3, -0.25) is 9.78 Å². The molecule has 0 saturated carbocycles. The van der Waals surface area contributed by atoms with Gasteiger partial charge in [-0.05, 0) is 44.4 Å². The fourth-order valence-corrected chi connectivity index (χ4v) is 3.34. The number of rotatable bonds is 3. The van der Waals surface area contributed by atoms with E-state index in [9.17, 15) is 4.79 Å². The standard InChI is InChI=1S/C15H22N4O.2ClH/c16-11-3-4-12(17-10-11)9-15(20)18-13-5-7-19-6-1-2-14(19)8-13;;/h3-4,10,13-14H,1-2,5-9,16H2,(H,18,20);2*1H. The second-order valence-corrected chi connectivity index (χ2v) is 5.88. The second-order valence-electron chi connectivity index (χ2n) is 5.88. The summed E-state index contributed by atoms with van der Waals surface area (Å²) in [5.41, 5.74) is 6.99. The minimum atomic E-state index is 0. The highest BCUT2D eigenvalue weighted by molar-refractivity contribution is 5.85. The molecule has 22 heavy (non-hydrogen) atoms. The zero-order chi connectivity index (χ0) is 13.9. The highest BCUT2D eigenvalue weighted by Gasteiger charge is 2.32. The number of hydrogen-bond acceptors (Lipinski definition) is 4. The smallest absolute Gasteiger partial charge is 0.226 e. The molecule has 2 atom stereocenters. The number of aromatic nitrogens is 1. The van der Waals surface area contributed by atoms with Crippen LogP contribution in [0.3, 0.4) is 0 Å². The number of pyridine rings is 1. The van der Waals surface area contributed by atoms with Crippen molar-refractivity contribution in [3.05, 3.63) is 24.0 Å². The van der Waals surface area contributed by atoms with Crippen molar-refractivity contribution < 1.29 is 4.79 Å². The van der Waals surface area contributed by atoms with E-state index in [0.29, 0.717) is 24.2 Å². The zero-order valence-corrected chi connectivity index (χ0v) is 14.2. The van der Waals surface area contributed by atoms with Crippen LogP contribution in [-0.4, -0.2) is 41.0 Å². The molecule has 2 aliphatic heterocycles. The summed E-state index contributed by atoms with van der Waals surface area (Å²) in [6.07, 6.45) is 6.69. The first-order chi connectivity index (χ1) is 9.70. The van der Waals surface area contributed by atoms with E-state index < -0.39 is 0 Å². The number of nitrogens with one attached hydrogen (secondary N) is 1. The molecule has 0 spiro atoms. The van der Waals surface area contributed by atoms with Crippen LogP contribution >= 0.6 is 24.8 Å². The SMILES string of the molecule is Cl.Cl.Nc1ccc(CC(=O)NC2CCN3CCCC3C2)nc1. The van der Waals surface area contributed by atoms with Gasteiger partial charge < -0.3 is 16.0 Å². The number of nitrogen functional groups attached to an aromatic ring is 1. The number of anilines is 1. The van der Waals surface area contributed by atoms with Gasteiger partial charge in [0.25, 0.3) is 0 Å². The molecule has 3 N–H and O–H groups in total. The van der Waals surface area contributed by atoms with E-state index in [1.165, 1.54) is 19.4 Å². The van der Waals surface area contributed by atoms with E-state index in [4.69, 9.17) is 5.73 Å². The zero-order valence-electron chi connectivity index (χ0n) is 12.5. The Morgan fingerprint density at radius 3 is 2.86 bits per heavy atom. The average Bonchev–Trinajstić information content (AvgIpc) is 2.89. The lowest BCUT2D eigenvalue weighted by molar-refractivity contribution is -0.121. The van der Waals surface area contributed by atoms with Crippen LogP contribution in [0.1, 0.15) is 31.4 Å². The number of nitrogens with two attached hydrogens (primary N) is 1. The molecule has 124 valence electrons. The molecule has 7 heteroatoms. The molecule has 1 amide bonds. The lowest BCUT2D eigenvalue weighted by Crippen LogP contribution is -2.47. The van der Waals surface area contributed by atoms with Crippen molar-refractivity contribution in [1.29, 1.82) is 0 Å². The minimum absolute atomic E-state index is 0. The maximum atomic E-state index is 12.1. The normalized spacial score (nSPS) is 23.8. The van der Waals surface area contributed by atoms with Crippen molar-refractivity contribution in [3.8, 4) is 0 Å². The third kappa shape index (κ3) is 4.73. The van der Waals surface area contributed by atoms with E-state index in [1.807, 2.05) is 6.07 Å². The Kier molecular flexibility index (Phi) is 7.39. The Bertz CT molecular complexity index is 483. The van der Waals surface area contributed by atoms with E-state index in [-0.39, 0.29) is 30.7 Å². The molecule has 1 aromatic heterocycles. The summed E-state index contributed by atoms with van der Waals surface area (Å²) < 4.78 is 0. The number of amides is 1. The fraction of sp³-hybridized carbons (Fsp3) is 0.600. The molecule has 2 unspecified atom stereocenters. The predicted octanol–water partition coefficient (Wildman–Crippen LogP) is 1.79. The third-order valence-electron chi connectivity index (χ3n) is 4.37. The third-order valence-corrected chi connectivity index (χ3v) is 4.37. The van der Waals surface area contributed by atoms with Crippen molar-refractivity contribution in [2.45, 2.75) is 44.2 Å². The Morgan fingerprint density at radius 2 is 2.14 bits per heavy atom. The molecule has 2 fully saturated rings. The van der Waals surface area contributed by atoms with Crippen molar-refractivity contribution >= 4 is 36.4 Å². The van der Waals surface area contributed by atoms with Gasteiger partial charge >= 0.3 is 0 Å². The maximum absolute atomic E-state index is 12.1. The summed E-state index contributed by atoms with van der Waals surface area (Å²) in [6.45, 7) is 2.36. The summed E-state index contributed by atoms with van der Waals surface area (Å²) in [7, 11) is 0. The minimum Gasteiger partial charge on any atom is -0.397 e. The average molecular weight is 347 g/mol. The number of halogens is 2. The molecule has 3 heterocycles. The monoisotopic (exact) mass is 346 g/mol. The van der Waals surface area contributed by atoms with Gasteiger partial charge in [-0.1, -0.05) is 0 Å². The highest BCUT2D eigenvalue weighted by atomic mass is 35.5. The molecule has 0 bridgehead atoms. The molecular formula is C15H24Cl2N4O. The second kappa shape index (κ2) is 8.56. The fourth-order valence-electron chi connectivity index (χ4n) is 3.34. The Balaban J connectivity index is 0.00000121. The first kappa shape index (κ1) is 19.0. The van der Waals surface area contributed by atoms with Crippen molar-refractivity contribution in [3.63, 3.8) is 0 Å². The van der Waals surface area contributed by atoms with E-state index in [2.05, 4.69) is 15.2 Å². The summed E-state index contributed by atoms with van der Waals surface area (Å²) in [5, 5.41) is 3.16. The first-order valence-corrected chi connectivity index (χ1v) is 7.44. The van der Waals surface area contributed by atoms with Crippen LogP contribution < -0.4 is 11.1 Å². The van der Waals surface area contributed by atoms with Gasteiger partial charge in [-0.25, -0.2) is 0 Å². The quantitative estimate of drug-likeness (QED) is 0.875. The van der Waals surface area contributed by atoms with Gasteiger partial charge in [0.1, 0.15) is 0 Å². The van der Waals surface area contributed by atoms with Crippen molar-refractivity contribution in [2.24, 2.45) is 0 Å². The summed E-state index contributed by atoms with van der Waals surface area (Å²) in [4.78, 5) is 18.8. The Morgan fingerprint density at radius 1 is 1.32 bits per heavy atom. The number of fused-ring (bicyclic) bond motifs is 1. The van der Waals surface area contributed by atoms with E-state index in [0.717, 1.165) is 25.1 Å². The molecule has 0 aliphatic carbocycles. The molecule has 0 aromatic carbocycles. The largest absolute Gasteiger partial charge is 0.397 e. The molecule has 5 nitrogen and oxygen atoms in total. The molecule has 2 saturated heterocycles. The highest BCUT2D eigenvalue weighted by Crippen LogP contribution is 2.26. The van der Waals surface area contributed by atoms with Gasteiger partial charge in [-0.2, -0.15) is 0 Å². The van der Waals surface area contributed by atoms with Gasteiger partial charge in [0.2, 0.25) is 5.91 Å². The number of carbonyl (C=O) groups is 1. The van der Waals surface area contributed by atoms with Crippen LogP contribution in [0.4, 0.5) is 5.69 Å². The van der Waals surface area contributed by atoms with Gasteiger partial charge in [0.05, 0.1) is 18.3 Å². The van der Waals surface area contributed by atoms with Crippen LogP contribution in [0.2, 0.25) is 0 Å². The Labute approximate surface area is 143 Å². The number of hydrogen-bond donors (Lipinski definition) is 2. The van der Waals surface area contributed by atoms with E-state index in [1.54, 1.807) is 12.3 Å². The lowest BCUT2D eigenvalue weighted by atomic mass is 9.97. The van der Waals surface area contributed by atoms with Gasteiger partial charge in [0, 0.05) is 24.3 Å². The number of nitrogens with zero attached hydrogens (tertiary/aromatic N) is 2. The van der Waals surface area contributed by atoms with Crippen LogP contribution in [0.5, 0.6) is 0 Å². The van der Waals surface area contributed by atoms with Crippen LogP contribution in [0.15, 0.2) is 18.3 Å². The maximum Gasteiger partial charge on any atom is 0.226 e. The topological polar surface area (TPSA) is 71.2 Å². The summed E-state index contributed by atoms with van der Waals surface area (Å²) >= 11 is 0. The Hall–Kier alpha value is -1.04.